The molecule has 0 atom stereocenters. The topological polar surface area (TPSA) is 68.0 Å². The van der Waals surface area contributed by atoms with E-state index in [0.29, 0.717) is 5.82 Å². The Hall–Kier alpha value is -2.47. The van der Waals surface area contributed by atoms with Gasteiger partial charge in [-0.05, 0) is 36.8 Å². The minimum atomic E-state index is -0.988. The smallest absolute Gasteiger partial charge is 0.335 e. The molecule has 0 radical (unpaired) electrons. The first-order chi connectivity index (χ1) is 10.6. The summed E-state index contributed by atoms with van der Waals surface area (Å²) < 4.78 is 2.65. The number of nitrogens with zero attached hydrogens (tertiary/aromatic N) is 3. The van der Waals surface area contributed by atoms with Crippen LogP contribution >= 0.6 is 15.9 Å². The average Bonchev–Trinajstić information content (AvgIpc) is 2.90. The molecule has 110 valence electrons. The second-order valence-electron chi connectivity index (χ2n) is 4.80. The van der Waals surface area contributed by atoms with E-state index in [2.05, 4.69) is 26.0 Å². The monoisotopic (exact) mass is 357 g/mol. The third-order valence-corrected chi connectivity index (χ3v) is 3.81. The molecule has 2 aromatic heterocycles. The van der Waals surface area contributed by atoms with E-state index in [1.165, 1.54) is 18.3 Å². The van der Waals surface area contributed by atoms with Crippen LogP contribution in [0.3, 0.4) is 0 Å². The number of hydrogen-bond acceptors (Lipinski definition) is 3. The van der Waals surface area contributed by atoms with E-state index in [9.17, 15) is 4.79 Å². The van der Waals surface area contributed by atoms with Gasteiger partial charge in [-0.2, -0.15) is 5.10 Å². The van der Waals surface area contributed by atoms with Crippen LogP contribution in [-0.4, -0.2) is 25.8 Å². The Balaban J connectivity index is 2.15. The summed E-state index contributed by atoms with van der Waals surface area (Å²) in [7, 11) is 0. The van der Waals surface area contributed by atoms with Crippen molar-refractivity contribution >= 4 is 21.9 Å². The number of carboxylic acids is 1. The molecule has 0 spiro atoms. The van der Waals surface area contributed by atoms with Crippen LogP contribution in [0.1, 0.15) is 15.9 Å². The Bertz CT molecular complexity index is 841. The second kappa shape index (κ2) is 5.73. The standard InChI is InChI=1S/C16H12BrN3O2/c1-10-9-19-20(14-8-12(16(21)22)6-7-18-14)15(10)11-2-4-13(17)5-3-11/h2-9H,1H3,(H,21,22). The maximum atomic E-state index is 11.1. The van der Waals surface area contributed by atoms with E-state index >= 15 is 0 Å². The van der Waals surface area contributed by atoms with Gasteiger partial charge in [-0.3, -0.25) is 0 Å². The van der Waals surface area contributed by atoms with Gasteiger partial charge in [0.05, 0.1) is 17.5 Å². The molecule has 1 N–H and O–H groups in total. The normalized spacial score (nSPS) is 10.6. The van der Waals surface area contributed by atoms with Crippen molar-refractivity contribution in [3.05, 3.63) is 64.4 Å². The summed E-state index contributed by atoms with van der Waals surface area (Å²) in [5.74, 6) is -0.511. The molecule has 2 heterocycles. The van der Waals surface area contributed by atoms with Crippen molar-refractivity contribution in [1.82, 2.24) is 14.8 Å². The summed E-state index contributed by atoms with van der Waals surface area (Å²) in [4.78, 5) is 15.4. The number of halogens is 1. The number of hydrogen-bond donors (Lipinski definition) is 1. The van der Waals surface area contributed by atoms with Gasteiger partial charge in [-0.1, -0.05) is 28.1 Å². The molecule has 0 aliphatic heterocycles. The van der Waals surface area contributed by atoms with Crippen LogP contribution in [0.4, 0.5) is 0 Å². The molecule has 0 aliphatic carbocycles. The van der Waals surface area contributed by atoms with Crippen LogP contribution in [0.15, 0.2) is 53.3 Å². The molecular weight excluding hydrogens is 346 g/mol. The minimum Gasteiger partial charge on any atom is -0.478 e. The van der Waals surface area contributed by atoms with Crippen molar-refractivity contribution in [1.29, 1.82) is 0 Å². The highest BCUT2D eigenvalue weighted by Gasteiger charge is 2.14. The summed E-state index contributed by atoms with van der Waals surface area (Å²) >= 11 is 3.42. The summed E-state index contributed by atoms with van der Waals surface area (Å²) in [6, 6.07) is 10.8. The van der Waals surface area contributed by atoms with Gasteiger partial charge in [0.1, 0.15) is 0 Å². The fourth-order valence-corrected chi connectivity index (χ4v) is 2.49. The van der Waals surface area contributed by atoms with Crippen molar-refractivity contribution in [2.24, 2.45) is 0 Å². The second-order valence-corrected chi connectivity index (χ2v) is 5.72. The van der Waals surface area contributed by atoms with E-state index in [1.54, 1.807) is 10.9 Å². The van der Waals surface area contributed by atoms with Crippen LogP contribution in [0.5, 0.6) is 0 Å². The first kappa shape index (κ1) is 14.5. The molecule has 5 nitrogen and oxygen atoms in total. The molecule has 0 unspecified atom stereocenters. The molecule has 1 aromatic carbocycles. The summed E-state index contributed by atoms with van der Waals surface area (Å²) in [6.45, 7) is 1.96. The largest absolute Gasteiger partial charge is 0.478 e. The maximum Gasteiger partial charge on any atom is 0.335 e. The average molecular weight is 358 g/mol. The molecule has 0 amide bonds. The van der Waals surface area contributed by atoms with Crippen molar-refractivity contribution in [3.8, 4) is 17.1 Å². The Morgan fingerprint density at radius 1 is 1.23 bits per heavy atom. The van der Waals surface area contributed by atoms with Gasteiger partial charge < -0.3 is 5.11 Å². The summed E-state index contributed by atoms with van der Waals surface area (Å²) in [6.07, 6.45) is 3.22. The van der Waals surface area contributed by atoms with Gasteiger partial charge in [0.15, 0.2) is 5.82 Å². The quantitative estimate of drug-likeness (QED) is 0.775. The lowest BCUT2D eigenvalue weighted by molar-refractivity contribution is 0.0696. The van der Waals surface area contributed by atoms with Crippen molar-refractivity contribution in [2.75, 3.05) is 0 Å². The number of carboxylic acid groups (broad SMARTS) is 1. The van der Waals surface area contributed by atoms with Crippen molar-refractivity contribution in [2.45, 2.75) is 6.92 Å². The van der Waals surface area contributed by atoms with E-state index in [0.717, 1.165) is 21.3 Å². The van der Waals surface area contributed by atoms with Gasteiger partial charge in [-0.15, -0.1) is 0 Å². The number of aryl methyl sites for hydroxylation is 1. The molecule has 0 saturated carbocycles. The van der Waals surface area contributed by atoms with Crippen LogP contribution in [0, 0.1) is 6.92 Å². The number of pyridine rings is 1. The van der Waals surface area contributed by atoms with E-state index in [1.807, 2.05) is 31.2 Å². The summed E-state index contributed by atoms with van der Waals surface area (Å²) in [5.41, 5.74) is 3.05. The molecule has 22 heavy (non-hydrogen) atoms. The van der Waals surface area contributed by atoms with Crippen LogP contribution < -0.4 is 0 Å². The molecule has 0 saturated heterocycles. The fourth-order valence-electron chi connectivity index (χ4n) is 2.23. The van der Waals surface area contributed by atoms with Crippen LogP contribution in [-0.2, 0) is 0 Å². The maximum absolute atomic E-state index is 11.1. The van der Waals surface area contributed by atoms with Crippen molar-refractivity contribution < 1.29 is 9.90 Å². The SMILES string of the molecule is Cc1cnn(-c2cc(C(=O)O)ccn2)c1-c1ccc(Br)cc1. The Morgan fingerprint density at radius 3 is 2.64 bits per heavy atom. The Kier molecular flexibility index (Phi) is 3.77. The Morgan fingerprint density at radius 2 is 1.95 bits per heavy atom. The number of aromatic nitrogens is 3. The highest BCUT2D eigenvalue weighted by Crippen LogP contribution is 2.27. The highest BCUT2D eigenvalue weighted by molar-refractivity contribution is 9.10. The molecule has 0 fully saturated rings. The first-order valence-electron chi connectivity index (χ1n) is 6.56. The molecule has 6 heteroatoms. The van der Waals surface area contributed by atoms with E-state index < -0.39 is 5.97 Å². The zero-order valence-electron chi connectivity index (χ0n) is 11.7. The fraction of sp³-hybridized carbons (Fsp3) is 0.0625. The molecule has 0 aliphatic rings. The number of rotatable bonds is 3. The Labute approximate surface area is 135 Å². The highest BCUT2D eigenvalue weighted by atomic mass is 79.9. The third-order valence-electron chi connectivity index (χ3n) is 3.28. The van der Waals surface area contributed by atoms with Crippen LogP contribution in [0.2, 0.25) is 0 Å². The zero-order valence-corrected chi connectivity index (χ0v) is 13.3. The van der Waals surface area contributed by atoms with E-state index in [-0.39, 0.29) is 5.56 Å². The van der Waals surface area contributed by atoms with Crippen molar-refractivity contribution in [3.63, 3.8) is 0 Å². The van der Waals surface area contributed by atoms with Crippen LogP contribution in [0.25, 0.3) is 17.1 Å². The predicted molar refractivity (Wildman–Crippen MR) is 86.2 cm³/mol. The van der Waals surface area contributed by atoms with Gasteiger partial charge >= 0.3 is 5.97 Å². The lowest BCUT2D eigenvalue weighted by Crippen LogP contribution is -2.05. The van der Waals surface area contributed by atoms with Gasteiger partial charge in [0, 0.05) is 16.2 Å². The zero-order chi connectivity index (χ0) is 15.7. The first-order valence-corrected chi connectivity index (χ1v) is 7.36. The molecule has 3 rings (SSSR count). The predicted octanol–water partition coefficient (Wildman–Crippen LogP) is 3.70. The van der Waals surface area contributed by atoms with Gasteiger partial charge in [0.2, 0.25) is 0 Å². The minimum absolute atomic E-state index is 0.180. The number of aromatic carboxylic acids is 1. The third kappa shape index (κ3) is 2.65. The number of carbonyl (C=O) groups is 1. The van der Waals surface area contributed by atoms with E-state index in [4.69, 9.17) is 5.11 Å². The lowest BCUT2D eigenvalue weighted by atomic mass is 10.1. The lowest BCUT2D eigenvalue weighted by Gasteiger charge is -2.09. The van der Waals surface area contributed by atoms with Gasteiger partial charge in [0.25, 0.3) is 0 Å². The molecule has 3 aromatic rings. The molecule has 0 bridgehead atoms. The molecular formula is C16H12BrN3O2. The summed E-state index contributed by atoms with van der Waals surface area (Å²) in [5, 5.41) is 13.5. The van der Waals surface area contributed by atoms with Gasteiger partial charge in [-0.25, -0.2) is 14.5 Å². The number of benzene rings is 1.